The largest absolute Gasteiger partial charge is 0.493 e. The van der Waals surface area contributed by atoms with Crippen molar-refractivity contribution in [2.45, 2.75) is 19.8 Å². The first-order valence-corrected chi connectivity index (χ1v) is 6.36. The number of amides is 1. The summed E-state index contributed by atoms with van der Waals surface area (Å²) in [4.78, 5) is 11.2. The standard InChI is InChI=1S/C13H14BF2NO3/c1-12(2)6-19-14(20-7-12)8-3-4-10-9(5-8)13(15,16)11(18)17-10/h3-5H,6-7H2,1-2H3,(H,17,18). The van der Waals surface area contributed by atoms with Gasteiger partial charge in [0.05, 0.1) is 11.3 Å². The van der Waals surface area contributed by atoms with E-state index in [0.29, 0.717) is 18.7 Å². The molecule has 0 atom stereocenters. The van der Waals surface area contributed by atoms with E-state index in [1.54, 1.807) is 6.07 Å². The van der Waals surface area contributed by atoms with Crippen molar-refractivity contribution in [2.24, 2.45) is 5.41 Å². The Kier molecular flexibility index (Phi) is 2.88. The zero-order chi connectivity index (χ0) is 14.5. The second-order valence-corrected chi connectivity index (χ2v) is 5.95. The number of halogens is 2. The first-order chi connectivity index (χ1) is 9.29. The van der Waals surface area contributed by atoms with E-state index in [0.717, 1.165) is 0 Å². The summed E-state index contributed by atoms with van der Waals surface area (Å²) in [5.74, 6) is -4.80. The third-order valence-corrected chi connectivity index (χ3v) is 3.44. The van der Waals surface area contributed by atoms with Gasteiger partial charge in [-0.3, -0.25) is 4.79 Å². The maximum Gasteiger partial charge on any atom is 0.493 e. The Morgan fingerprint density at radius 2 is 1.90 bits per heavy atom. The van der Waals surface area contributed by atoms with Crippen LogP contribution >= 0.6 is 0 Å². The van der Waals surface area contributed by atoms with Crippen molar-refractivity contribution < 1.29 is 22.9 Å². The van der Waals surface area contributed by atoms with Crippen LogP contribution in [-0.4, -0.2) is 26.2 Å². The quantitative estimate of drug-likeness (QED) is 0.793. The SMILES string of the molecule is CC1(C)COB(c2ccc3c(c2)C(F)(F)C(=O)N3)OC1. The zero-order valence-corrected chi connectivity index (χ0v) is 11.2. The van der Waals surface area contributed by atoms with Crippen molar-refractivity contribution in [2.75, 3.05) is 18.5 Å². The number of nitrogens with one attached hydrogen (secondary N) is 1. The number of carbonyl (C=O) groups is 1. The molecule has 1 saturated heterocycles. The van der Waals surface area contributed by atoms with Crippen molar-refractivity contribution in [3.8, 4) is 0 Å². The van der Waals surface area contributed by atoms with Gasteiger partial charge in [0.1, 0.15) is 0 Å². The van der Waals surface area contributed by atoms with Crippen LogP contribution in [0.3, 0.4) is 0 Å². The molecule has 2 aliphatic rings. The fourth-order valence-electron chi connectivity index (χ4n) is 2.29. The molecule has 106 valence electrons. The lowest BCUT2D eigenvalue weighted by Crippen LogP contribution is -2.47. The normalized spacial score (nSPS) is 23.4. The van der Waals surface area contributed by atoms with E-state index in [1.165, 1.54) is 12.1 Å². The monoisotopic (exact) mass is 281 g/mol. The lowest BCUT2D eigenvalue weighted by Gasteiger charge is -2.33. The summed E-state index contributed by atoms with van der Waals surface area (Å²) in [6, 6.07) is 4.36. The Morgan fingerprint density at radius 3 is 2.55 bits per heavy atom. The highest BCUT2D eigenvalue weighted by Gasteiger charge is 2.49. The topological polar surface area (TPSA) is 47.6 Å². The molecule has 4 nitrogen and oxygen atoms in total. The lowest BCUT2D eigenvalue weighted by molar-refractivity contribution is -0.139. The van der Waals surface area contributed by atoms with Crippen molar-refractivity contribution in [1.29, 1.82) is 0 Å². The van der Waals surface area contributed by atoms with Crippen molar-refractivity contribution in [3.63, 3.8) is 0 Å². The van der Waals surface area contributed by atoms with Crippen LogP contribution in [0.1, 0.15) is 19.4 Å². The van der Waals surface area contributed by atoms with Gasteiger partial charge in [-0.15, -0.1) is 0 Å². The van der Waals surface area contributed by atoms with Crippen molar-refractivity contribution in [1.82, 2.24) is 0 Å². The number of carbonyl (C=O) groups excluding carboxylic acids is 1. The highest BCUT2D eigenvalue weighted by molar-refractivity contribution is 6.61. The molecule has 0 spiro atoms. The molecule has 0 aliphatic carbocycles. The molecule has 1 amide bonds. The van der Waals surface area contributed by atoms with Crippen LogP contribution in [0.15, 0.2) is 18.2 Å². The van der Waals surface area contributed by atoms with E-state index >= 15 is 0 Å². The molecule has 1 aromatic rings. The minimum absolute atomic E-state index is 0.0886. The van der Waals surface area contributed by atoms with Gasteiger partial charge in [-0.25, -0.2) is 0 Å². The fraction of sp³-hybridized carbons (Fsp3) is 0.462. The molecule has 0 bridgehead atoms. The number of alkyl halides is 2. The number of rotatable bonds is 1. The van der Waals surface area contributed by atoms with Crippen LogP contribution in [0.4, 0.5) is 14.5 Å². The first-order valence-electron chi connectivity index (χ1n) is 6.36. The number of hydrogen-bond acceptors (Lipinski definition) is 3. The number of anilines is 1. The summed E-state index contributed by atoms with van der Waals surface area (Å²) >= 11 is 0. The Hall–Kier alpha value is -1.47. The number of fused-ring (bicyclic) bond motifs is 1. The van der Waals surface area contributed by atoms with Gasteiger partial charge < -0.3 is 14.6 Å². The van der Waals surface area contributed by atoms with Crippen LogP contribution in [0.2, 0.25) is 0 Å². The van der Waals surface area contributed by atoms with E-state index < -0.39 is 18.9 Å². The first kappa shape index (κ1) is 13.5. The minimum atomic E-state index is -3.50. The third kappa shape index (κ3) is 2.11. The van der Waals surface area contributed by atoms with Gasteiger partial charge in [-0.2, -0.15) is 8.78 Å². The van der Waals surface area contributed by atoms with Gasteiger partial charge in [0.2, 0.25) is 0 Å². The Labute approximate surface area is 115 Å². The highest BCUT2D eigenvalue weighted by atomic mass is 19.3. The molecule has 0 unspecified atom stereocenters. The molecule has 1 fully saturated rings. The second kappa shape index (κ2) is 4.26. The molecule has 7 heteroatoms. The van der Waals surface area contributed by atoms with Crippen LogP contribution in [0, 0.1) is 5.41 Å². The lowest BCUT2D eigenvalue weighted by atomic mass is 9.75. The van der Waals surface area contributed by atoms with E-state index in [9.17, 15) is 13.6 Å². The van der Waals surface area contributed by atoms with Crippen molar-refractivity contribution in [3.05, 3.63) is 23.8 Å². The van der Waals surface area contributed by atoms with Gasteiger partial charge in [0.15, 0.2) is 0 Å². The molecular formula is C13H14BF2NO3. The summed E-state index contributed by atoms with van der Waals surface area (Å²) in [7, 11) is -0.667. The zero-order valence-electron chi connectivity index (χ0n) is 11.2. The van der Waals surface area contributed by atoms with Crippen LogP contribution in [0.25, 0.3) is 0 Å². The van der Waals surface area contributed by atoms with Gasteiger partial charge in [0.25, 0.3) is 5.91 Å². The minimum Gasteiger partial charge on any atom is -0.407 e. The molecule has 0 saturated carbocycles. The smallest absolute Gasteiger partial charge is 0.407 e. The van der Waals surface area contributed by atoms with Gasteiger partial charge in [0, 0.05) is 18.6 Å². The number of benzene rings is 1. The Balaban J connectivity index is 1.88. The molecule has 20 heavy (non-hydrogen) atoms. The maximum absolute atomic E-state index is 13.7. The van der Waals surface area contributed by atoms with Gasteiger partial charge in [-0.1, -0.05) is 26.0 Å². The number of hydrogen-bond donors (Lipinski definition) is 1. The second-order valence-electron chi connectivity index (χ2n) is 5.95. The predicted octanol–water partition coefficient (Wildman–Crippen LogP) is 1.50. The van der Waals surface area contributed by atoms with Crippen LogP contribution in [-0.2, 0) is 20.0 Å². The molecule has 0 aromatic heterocycles. The fourth-order valence-corrected chi connectivity index (χ4v) is 2.29. The molecule has 1 aromatic carbocycles. The van der Waals surface area contributed by atoms with Crippen LogP contribution in [0.5, 0.6) is 0 Å². The average Bonchev–Trinajstić information content (AvgIpc) is 2.60. The molecule has 3 rings (SSSR count). The highest BCUT2D eigenvalue weighted by Crippen LogP contribution is 2.39. The van der Waals surface area contributed by atoms with Gasteiger partial charge in [-0.05, 0) is 11.5 Å². The Bertz CT molecular complexity index is 567. The summed E-state index contributed by atoms with van der Waals surface area (Å²) in [5, 5.41) is 2.16. The molecule has 2 aliphatic heterocycles. The molecule has 2 heterocycles. The molecule has 1 N–H and O–H groups in total. The third-order valence-electron chi connectivity index (χ3n) is 3.44. The Morgan fingerprint density at radius 1 is 1.25 bits per heavy atom. The summed E-state index contributed by atoms with van der Waals surface area (Å²) in [6.45, 7) is 4.98. The summed E-state index contributed by atoms with van der Waals surface area (Å²) < 4.78 is 38.5. The molecule has 0 radical (unpaired) electrons. The van der Waals surface area contributed by atoms with Gasteiger partial charge >= 0.3 is 13.0 Å². The maximum atomic E-state index is 13.7. The van der Waals surface area contributed by atoms with E-state index in [2.05, 4.69) is 5.32 Å². The average molecular weight is 281 g/mol. The van der Waals surface area contributed by atoms with Crippen molar-refractivity contribution >= 4 is 24.2 Å². The summed E-state index contributed by atoms with van der Waals surface area (Å²) in [5.41, 5.74) is 0.224. The van der Waals surface area contributed by atoms with E-state index in [-0.39, 0.29) is 16.7 Å². The van der Waals surface area contributed by atoms with Crippen LogP contribution < -0.4 is 10.8 Å². The predicted molar refractivity (Wildman–Crippen MR) is 70.0 cm³/mol. The molecular weight excluding hydrogens is 267 g/mol. The van der Waals surface area contributed by atoms with E-state index in [1.807, 2.05) is 13.8 Å². The van der Waals surface area contributed by atoms with E-state index in [4.69, 9.17) is 9.31 Å². The summed E-state index contributed by atoms with van der Waals surface area (Å²) in [6.07, 6.45) is 0.